The van der Waals surface area contributed by atoms with Crippen molar-refractivity contribution in [1.29, 1.82) is 0 Å². The Balaban J connectivity index is 0.000000163. The summed E-state index contributed by atoms with van der Waals surface area (Å²) in [6.45, 7) is 11.1. The third-order valence-corrected chi connectivity index (χ3v) is 13.0. The van der Waals surface area contributed by atoms with E-state index in [2.05, 4.69) is 232 Å². The number of allylic oxidation sites excluding steroid dienone is 4. The first-order valence-corrected chi connectivity index (χ1v) is 22.0. The molecule has 9 aromatic rings. The van der Waals surface area contributed by atoms with Gasteiger partial charge in [0.1, 0.15) is 0 Å². The molecule has 302 valence electrons. The van der Waals surface area contributed by atoms with Gasteiger partial charge in [-0.1, -0.05) is 176 Å². The Labute approximate surface area is 366 Å². The lowest BCUT2D eigenvalue weighted by atomic mass is 9.82. The van der Waals surface area contributed by atoms with E-state index in [1.54, 1.807) is 0 Å². The summed E-state index contributed by atoms with van der Waals surface area (Å²) in [5, 5.41) is 2.57. The van der Waals surface area contributed by atoms with Crippen molar-refractivity contribution in [1.82, 2.24) is 4.57 Å². The second-order valence-electron chi connectivity index (χ2n) is 17.5. The summed E-state index contributed by atoms with van der Waals surface area (Å²) in [4.78, 5) is 2.46. The molecule has 0 saturated carbocycles. The molecule has 3 aliphatic rings. The molecular weight excluding hydrogens is 749 g/mol. The molecule has 1 unspecified atom stereocenters. The molecule has 0 amide bonds. The second-order valence-corrected chi connectivity index (χ2v) is 17.5. The summed E-state index contributed by atoms with van der Waals surface area (Å²) in [6, 6.07) is 70.0. The van der Waals surface area contributed by atoms with Gasteiger partial charge in [0.05, 0.1) is 11.0 Å². The first-order valence-electron chi connectivity index (χ1n) is 22.0. The molecule has 2 nitrogen and oxygen atoms in total. The summed E-state index contributed by atoms with van der Waals surface area (Å²) in [5.41, 5.74) is 21.4. The van der Waals surface area contributed by atoms with Crippen LogP contribution >= 0.6 is 0 Å². The Hall–Kier alpha value is -7.16. The van der Waals surface area contributed by atoms with Crippen molar-refractivity contribution in [3.63, 3.8) is 0 Å². The van der Waals surface area contributed by atoms with Crippen molar-refractivity contribution in [3.8, 4) is 27.9 Å². The van der Waals surface area contributed by atoms with Crippen LogP contribution in [0.15, 0.2) is 218 Å². The molecular formula is C60H52N2. The van der Waals surface area contributed by atoms with Crippen LogP contribution < -0.4 is 4.90 Å². The minimum atomic E-state index is 0.152. The lowest BCUT2D eigenvalue weighted by Crippen LogP contribution is -2.15. The van der Waals surface area contributed by atoms with Gasteiger partial charge in [0, 0.05) is 44.9 Å². The van der Waals surface area contributed by atoms with Crippen molar-refractivity contribution in [2.45, 2.75) is 52.4 Å². The highest BCUT2D eigenvalue weighted by molar-refractivity contribution is 6.10. The monoisotopic (exact) mass is 800 g/mol. The van der Waals surface area contributed by atoms with E-state index < -0.39 is 0 Å². The zero-order valence-electron chi connectivity index (χ0n) is 36.3. The molecule has 8 aromatic carbocycles. The number of aryl methyl sites for hydroxylation is 2. The Kier molecular flexibility index (Phi) is 10.1. The lowest BCUT2D eigenvalue weighted by molar-refractivity contribution is 0.660. The number of nitrogens with zero attached hydrogens (tertiary/aromatic N) is 2. The average Bonchev–Trinajstić information content (AvgIpc) is 3.89. The van der Waals surface area contributed by atoms with E-state index in [9.17, 15) is 0 Å². The molecule has 0 fully saturated rings. The van der Waals surface area contributed by atoms with Crippen LogP contribution in [0.1, 0.15) is 60.9 Å². The zero-order valence-corrected chi connectivity index (χ0v) is 36.3. The van der Waals surface area contributed by atoms with E-state index in [4.69, 9.17) is 0 Å². The Morgan fingerprint density at radius 3 is 1.84 bits per heavy atom. The molecule has 1 atom stereocenters. The van der Waals surface area contributed by atoms with Gasteiger partial charge in [-0.3, -0.25) is 0 Å². The molecule has 2 heteroatoms. The number of para-hydroxylation sites is 3. The van der Waals surface area contributed by atoms with Gasteiger partial charge in [-0.25, -0.2) is 0 Å². The number of hydrogen-bond acceptors (Lipinski definition) is 1. The fourth-order valence-corrected chi connectivity index (χ4v) is 9.92. The van der Waals surface area contributed by atoms with Crippen LogP contribution in [0, 0.1) is 13.8 Å². The van der Waals surface area contributed by atoms with Crippen LogP contribution in [0.5, 0.6) is 0 Å². The first-order chi connectivity index (χ1) is 30.3. The highest BCUT2D eigenvalue weighted by Crippen LogP contribution is 2.52. The summed E-state index contributed by atoms with van der Waals surface area (Å²) < 4.78 is 2.38. The van der Waals surface area contributed by atoms with Crippen LogP contribution in [0.25, 0.3) is 49.7 Å². The van der Waals surface area contributed by atoms with Gasteiger partial charge in [-0.15, -0.1) is 0 Å². The Bertz CT molecular complexity index is 3150. The highest BCUT2D eigenvalue weighted by atomic mass is 15.2. The molecule has 0 N–H and O–H groups in total. The summed E-state index contributed by atoms with van der Waals surface area (Å²) in [7, 11) is 0. The minimum absolute atomic E-state index is 0.152. The first kappa shape index (κ1) is 39.0. The third-order valence-electron chi connectivity index (χ3n) is 13.0. The van der Waals surface area contributed by atoms with Crippen LogP contribution in [0.3, 0.4) is 0 Å². The standard InChI is InChI=1S/C37H28N2.C16H16.C7H8/c1-25-16-19-31-33-24-27(18-21-36(33)39(37(31)22-25)29-12-6-3-7-13-29)26-17-20-35-32(23-26)30-14-8-9-15-34(30)38(35)28-10-4-2-5-11-28;1-11-8-9-15-13(10-11)12-6-4-5-7-14(12)16(15,2)3;1-7-5-3-2-4-6-7/h2-18,20-24,31H,19H2,1H3;4-10H,1-3H3;2-6H,1H3. The fraction of sp³-hybridized carbons (Fsp3) is 0.133. The van der Waals surface area contributed by atoms with E-state index in [-0.39, 0.29) is 5.41 Å². The van der Waals surface area contributed by atoms with Gasteiger partial charge in [0.25, 0.3) is 0 Å². The number of hydrogen-bond donors (Lipinski definition) is 0. The van der Waals surface area contributed by atoms with Crippen LogP contribution in [-0.2, 0) is 5.41 Å². The Morgan fingerprint density at radius 2 is 1.10 bits per heavy atom. The predicted octanol–water partition coefficient (Wildman–Crippen LogP) is 16.2. The molecule has 2 heterocycles. The molecule has 1 aliphatic heterocycles. The average molecular weight is 801 g/mol. The molecule has 62 heavy (non-hydrogen) atoms. The zero-order chi connectivity index (χ0) is 42.4. The van der Waals surface area contributed by atoms with Crippen LogP contribution in [0.4, 0.5) is 11.4 Å². The SMILES string of the molecule is CC1=CCC2C(=C1)N(c1ccccc1)c1ccc(-c3ccc4c(c3)c3ccccc3n4-c3ccccc3)cc12.Cc1ccc2c(c1)-c1ccccc1C2(C)C.Cc1ccccc1. The maximum absolute atomic E-state index is 2.46. The van der Waals surface area contributed by atoms with Crippen molar-refractivity contribution < 1.29 is 0 Å². The Morgan fingerprint density at radius 1 is 0.484 bits per heavy atom. The summed E-state index contributed by atoms with van der Waals surface area (Å²) in [5.74, 6) is 0.382. The number of aromatic nitrogens is 1. The second kappa shape index (κ2) is 16.0. The summed E-state index contributed by atoms with van der Waals surface area (Å²) in [6.07, 6.45) is 5.79. The van der Waals surface area contributed by atoms with Crippen molar-refractivity contribution in [2.24, 2.45) is 0 Å². The van der Waals surface area contributed by atoms with Crippen molar-refractivity contribution in [2.75, 3.05) is 4.90 Å². The normalized spacial score (nSPS) is 15.2. The molecule has 0 saturated heterocycles. The topological polar surface area (TPSA) is 8.17 Å². The molecule has 2 aliphatic carbocycles. The number of benzene rings is 8. The third kappa shape index (κ3) is 6.96. The van der Waals surface area contributed by atoms with Gasteiger partial charge in [0.15, 0.2) is 0 Å². The van der Waals surface area contributed by atoms with E-state index in [1.165, 1.54) is 100 Å². The van der Waals surface area contributed by atoms with Gasteiger partial charge in [0.2, 0.25) is 0 Å². The van der Waals surface area contributed by atoms with E-state index in [0.717, 1.165) is 6.42 Å². The van der Waals surface area contributed by atoms with E-state index >= 15 is 0 Å². The van der Waals surface area contributed by atoms with Crippen LogP contribution in [-0.4, -0.2) is 4.57 Å². The van der Waals surface area contributed by atoms with Gasteiger partial charge in [-0.05, 0) is 127 Å². The molecule has 0 spiro atoms. The number of rotatable bonds is 3. The van der Waals surface area contributed by atoms with Gasteiger partial charge >= 0.3 is 0 Å². The maximum Gasteiger partial charge on any atom is 0.0541 e. The minimum Gasteiger partial charge on any atom is -0.313 e. The largest absolute Gasteiger partial charge is 0.313 e. The van der Waals surface area contributed by atoms with Crippen LogP contribution in [0.2, 0.25) is 0 Å². The summed E-state index contributed by atoms with van der Waals surface area (Å²) >= 11 is 0. The van der Waals surface area contributed by atoms with Crippen molar-refractivity contribution in [3.05, 3.63) is 245 Å². The quantitative estimate of drug-likeness (QED) is 0.173. The molecule has 1 aromatic heterocycles. The van der Waals surface area contributed by atoms with E-state index in [1.807, 2.05) is 18.2 Å². The lowest BCUT2D eigenvalue weighted by Gasteiger charge is -2.25. The van der Waals surface area contributed by atoms with Gasteiger partial charge < -0.3 is 9.47 Å². The molecule has 12 rings (SSSR count). The van der Waals surface area contributed by atoms with Gasteiger partial charge in [-0.2, -0.15) is 0 Å². The highest BCUT2D eigenvalue weighted by Gasteiger charge is 2.36. The molecule has 0 radical (unpaired) electrons. The number of fused-ring (bicyclic) bond motifs is 9. The van der Waals surface area contributed by atoms with Crippen molar-refractivity contribution >= 4 is 33.2 Å². The number of anilines is 2. The smallest absolute Gasteiger partial charge is 0.0541 e. The fourth-order valence-electron chi connectivity index (χ4n) is 9.92. The maximum atomic E-state index is 2.46. The van der Waals surface area contributed by atoms with E-state index in [0.29, 0.717) is 5.92 Å². The predicted molar refractivity (Wildman–Crippen MR) is 264 cm³/mol. The molecule has 0 bridgehead atoms.